The summed E-state index contributed by atoms with van der Waals surface area (Å²) < 4.78 is 5.48. The Morgan fingerprint density at radius 2 is 2.41 bits per heavy atom. The molecule has 90 valence electrons. The normalized spacial score (nSPS) is 20.1. The zero-order valence-corrected chi connectivity index (χ0v) is 10.3. The van der Waals surface area contributed by atoms with E-state index in [1.54, 1.807) is 0 Å². The van der Waals surface area contributed by atoms with Crippen molar-refractivity contribution in [3.8, 4) is 6.07 Å². The Bertz CT molecular complexity index is 439. The van der Waals surface area contributed by atoms with Crippen molar-refractivity contribution in [2.24, 2.45) is 0 Å². The number of morpholine rings is 1. The molecule has 0 aromatic carbocycles. The number of ether oxygens (including phenoxy) is 1. The van der Waals surface area contributed by atoms with Crippen LogP contribution in [-0.4, -0.2) is 30.8 Å². The van der Waals surface area contributed by atoms with Gasteiger partial charge in [-0.15, -0.1) is 0 Å². The topological polar surface area (TPSA) is 49.1 Å². The molecule has 1 atom stereocenters. The highest BCUT2D eigenvalue weighted by atomic mass is 16.5. The average molecular weight is 231 g/mol. The Labute approximate surface area is 102 Å². The molecule has 1 aromatic rings. The zero-order chi connectivity index (χ0) is 12.3. The summed E-state index contributed by atoms with van der Waals surface area (Å²) in [6, 6.07) is 6.22. The van der Waals surface area contributed by atoms with Gasteiger partial charge in [-0.2, -0.15) is 5.26 Å². The van der Waals surface area contributed by atoms with E-state index in [1.165, 1.54) is 0 Å². The molecule has 0 spiro atoms. The van der Waals surface area contributed by atoms with E-state index < -0.39 is 0 Å². The maximum atomic E-state index is 8.99. The molecular weight excluding hydrogens is 214 g/mol. The van der Waals surface area contributed by atoms with E-state index in [1.807, 2.05) is 19.1 Å². The fourth-order valence-electron chi connectivity index (χ4n) is 2.16. The molecule has 1 aliphatic rings. The molecule has 4 heteroatoms. The summed E-state index contributed by atoms with van der Waals surface area (Å²) in [5, 5.41) is 8.99. The summed E-state index contributed by atoms with van der Waals surface area (Å²) in [5.41, 5.74) is 1.56. The van der Waals surface area contributed by atoms with Gasteiger partial charge in [-0.05, 0) is 25.5 Å². The third-order valence-corrected chi connectivity index (χ3v) is 3.06. The summed E-state index contributed by atoms with van der Waals surface area (Å²) in [6.45, 7) is 6.39. The van der Waals surface area contributed by atoms with Crippen LogP contribution in [0, 0.1) is 18.3 Å². The van der Waals surface area contributed by atoms with Crippen LogP contribution in [0.25, 0.3) is 0 Å². The molecule has 0 N–H and O–H groups in total. The Morgan fingerprint density at radius 3 is 3.12 bits per heavy atom. The molecule has 0 saturated carbocycles. The van der Waals surface area contributed by atoms with Gasteiger partial charge in [0.25, 0.3) is 0 Å². The first-order chi connectivity index (χ1) is 8.24. The molecule has 0 bridgehead atoms. The number of hydrogen-bond acceptors (Lipinski definition) is 4. The van der Waals surface area contributed by atoms with Gasteiger partial charge in [0, 0.05) is 12.2 Å². The second-order valence-electron chi connectivity index (χ2n) is 4.30. The molecule has 1 unspecified atom stereocenters. The van der Waals surface area contributed by atoms with E-state index in [2.05, 4.69) is 22.9 Å². The number of nitrogens with zero attached hydrogens (tertiary/aromatic N) is 3. The van der Waals surface area contributed by atoms with Gasteiger partial charge in [0.05, 0.1) is 30.9 Å². The number of hydrogen-bond donors (Lipinski definition) is 0. The maximum absolute atomic E-state index is 8.99. The fourth-order valence-corrected chi connectivity index (χ4v) is 2.16. The van der Waals surface area contributed by atoms with Crippen LogP contribution in [0.4, 0.5) is 5.82 Å². The summed E-state index contributed by atoms with van der Waals surface area (Å²) in [7, 11) is 0. The third kappa shape index (κ3) is 2.56. The highest BCUT2D eigenvalue weighted by Gasteiger charge is 2.22. The van der Waals surface area contributed by atoms with Gasteiger partial charge in [-0.25, -0.2) is 4.98 Å². The monoisotopic (exact) mass is 231 g/mol. The number of pyridine rings is 1. The lowest BCUT2D eigenvalue weighted by molar-refractivity contribution is 0.0925. The van der Waals surface area contributed by atoms with Crippen molar-refractivity contribution in [3.05, 3.63) is 23.4 Å². The van der Waals surface area contributed by atoms with E-state index in [-0.39, 0.29) is 0 Å². The number of aryl methyl sites for hydroxylation is 1. The zero-order valence-electron chi connectivity index (χ0n) is 10.3. The molecule has 0 aliphatic carbocycles. The lowest BCUT2D eigenvalue weighted by Gasteiger charge is -2.36. The highest BCUT2D eigenvalue weighted by molar-refractivity contribution is 5.47. The number of rotatable bonds is 2. The lowest BCUT2D eigenvalue weighted by Crippen LogP contribution is -2.45. The molecule has 4 nitrogen and oxygen atoms in total. The van der Waals surface area contributed by atoms with Crippen molar-refractivity contribution in [2.75, 3.05) is 24.7 Å². The average Bonchev–Trinajstić information content (AvgIpc) is 2.37. The van der Waals surface area contributed by atoms with Gasteiger partial charge < -0.3 is 9.64 Å². The lowest BCUT2D eigenvalue weighted by atomic mass is 10.1. The Balaban J connectivity index is 2.31. The summed E-state index contributed by atoms with van der Waals surface area (Å²) in [5.74, 6) is 0.900. The molecule has 0 radical (unpaired) electrons. The first-order valence-corrected chi connectivity index (χ1v) is 5.97. The second kappa shape index (κ2) is 5.15. The van der Waals surface area contributed by atoms with Gasteiger partial charge in [0.2, 0.25) is 0 Å². The van der Waals surface area contributed by atoms with Gasteiger partial charge in [-0.3, -0.25) is 0 Å². The third-order valence-electron chi connectivity index (χ3n) is 3.06. The highest BCUT2D eigenvalue weighted by Crippen LogP contribution is 2.21. The van der Waals surface area contributed by atoms with Crippen molar-refractivity contribution in [3.63, 3.8) is 0 Å². The van der Waals surface area contributed by atoms with Crippen LogP contribution in [0.2, 0.25) is 0 Å². The van der Waals surface area contributed by atoms with E-state index in [0.717, 1.165) is 37.7 Å². The molecule has 1 fully saturated rings. The predicted octanol–water partition coefficient (Wildman–Crippen LogP) is 1.88. The summed E-state index contributed by atoms with van der Waals surface area (Å²) >= 11 is 0. The van der Waals surface area contributed by atoms with Crippen LogP contribution >= 0.6 is 0 Å². The number of anilines is 1. The molecule has 0 amide bonds. The van der Waals surface area contributed by atoms with Gasteiger partial charge in [0.15, 0.2) is 0 Å². The van der Waals surface area contributed by atoms with E-state index in [9.17, 15) is 0 Å². The Kier molecular flexibility index (Phi) is 3.60. The van der Waals surface area contributed by atoms with Crippen LogP contribution in [-0.2, 0) is 4.74 Å². The van der Waals surface area contributed by atoms with Crippen LogP contribution < -0.4 is 4.90 Å². The van der Waals surface area contributed by atoms with Crippen molar-refractivity contribution in [2.45, 2.75) is 26.3 Å². The van der Waals surface area contributed by atoms with Gasteiger partial charge >= 0.3 is 0 Å². The van der Waals surface area contributed by atoms with Crippen molar-refractivity contribution < 1.29 is 4.74 Å². The second-order valence-corrected chi connectivity index (χ2v) is 4.30. The summed E-state index contributed by atoms with van der Waals surface area (Å²) in [4.78, 5) is 6.77. The van der Waals surface area contributed by atoms with Gasteiger partial charge in [0.1, 0.15) is 5.82 Å². The van der Waals surface area contributed by atoms with E-state index in [4.69, 9.17) is 10.00 Å². The standard InChI is InChI=1S/C13H17N3O/c1-3-12-9-17-5-4-16(12)13-7-11(8-14)6-10(2)15-13/h6-7,12H,3-5,9H2,1-2H3. The SMILES string of the molecule is CCC1COCCN1c1cc(C#N)cc(C)n1. The molecule has 2 rings (SSSR count). The quantitative estimate of drug-likeness (QED) is 0.779. The molecule has 17 heavy (non-hydrogen) atoms. The first-order valence-electron chi connectivity index (χ1n) is 5.97. The van der Waals surface area contributed by atoms with Gasteiger partial charge in [-0.1, -0.05) is 6.92 Å². The van der Waals surface area contributed by atoms with Crippen molar-refractivity contribution in [1.29, 1.82) is 5.26 Å². The summed E-state index contributed by atoms with van der Waals surface area (Å²) in [6.07, 6.45) is 1.03. The Hall–Kier alpha value is -1.60. The predicted molar refractivity (Wildman–Crippen MR) is 65.9 cm³/mol. The smallest absolute Gasteiger partial charge is 0.130 e. The molecule has 1 aromatic heterocycles. The van der Waals surface area contributed by atoms with E-state index in [0.29, 0.717) is 11.6 Å². The Morgan fingerprint density at radius 1 is 1.59 bits per heavy atom. The first kappa shape index (κ1) is 11.9. The van der Waals surface area contributed by atoms with Crippen LogP contribution in [0.15, 0.2) is 12.1 Å². The number of aromatic nitrogens is 1. The van der Waals surface area contributed by atoms with Crippen LogP contribution in [0.5, 0.6) is 0 Å². The molecule has 2 heterocycles. The van der Waals surface area contributed by atoms with E-state index >= 15 is 0 Å². The fraction of sp³-hybridized carbons (Fsp3) is 0.538. The largest absolute Gasteiger partial charge is 0.377 e. The molecular formula is C13H17N3O. The number of nitriles is 1. The minimum absolute atomic E-state index is 0.365. The maximum Gasteiger partial charge on any atom is 0.130 e. The minimum atomic E-state index is 0.365. The van der Waals surface area contributed by atoms with Crippen LogP contribution in [0.1, 0.15) is 24.6 Å². The van der Waals surface area contributed by atoms with Crippen LogP contribution in [0.3, 0.4) is 0 Å². The minimum Gasteiger partial charge on any atom is -0.377 e. The molecule has 1 aliphatic heterocycles. The van der Waals surface area contributed by atoms with Crippen molar-refractivity contribution in [1.82, 2.24) is 4.98 Å². The van der Waals surface area contributed by atoms with Crippen molar-refractivity contribution >= 4 is 5.82 Å². The molecule has 1 saturated heterocycles.